The molecule has 0 bridgehead atoms. The third-order valence-electron chi connectivity index (χ3n) is 6.30. The van der Waals surface area contributed by atoms with Crippen molar-refractivity contribution in [2.45, 2.75) is 52.7 Å². The molecule has 0 saturated carbocycles. The van der Waals surface area contributed by atoms with E-state index in [1.807, 2.05) is 12.1 Å². The van der Waals surface area contributed by atoms with Crippen LogP contribution in [-0.4, -0.2) is 40.0 Å². The Morgan fingerprint density at radius 3 is 2.57 bits per heavy atom. The third kappa shape index (κ3) is 3.15. The van der Waals surface area contributed by atoms with E-state index < -0.39 is 6.10 Å². The molecule has 0 amide bonds. The van der Waals surface area contributed by atoms with Crippen molar-refractivity contribution in [1.82, 2.24) is 9.47 Å². The number of aliphatic hydroxyl groups is 1. The molecule has 28 heavy (non-hydrogen) atoms. The second kappa shape index (κ2) is 7.69. The maximum absolute atomic E-state index is 12.3. The van der Waals surface area contributed by atoms with Crippen LogP contribution in [0, 0.1) is 0 Å². The summed E-state index contributed by atoms with van der Waals surface area (Å²) in [6, 6.07) is 10.4. The molecule has 0 radical (unpaired) electrons. The molecule has 4 heteroatoms. The summed E-state index contributed by atoms with van der Waals surface area (Å²) < 4.78 is 2.41. The molecule has 1 atom stereocenters. The van der Waals surface area contributed by atoms with E-state index in [1.165, 1.54) is 27.4 Å². The first-order valence-electron chi connectivity index (χ1n) is 10.6. The Morgan fingerprint density at radius 2 is 1.86 bits per heavy atom. The number of aromatic nitrogens is 1. The predicted octanol–water partition coefficient (Wildman–Crippen LogP) is 4.71. The van der Waals surface area contributed by atoms with Gasteiger partial charge in [0.25, 0.3) is 0 Å². The molecular formula is C24H30N2O2. The van der Waals surface area contributed by atoms with E-state index in [4.69, 9.17) is 0 Å². The van der Waals surface area contributed by atoms with E-state index in [-0.39, 0.29) is 5.78 Å². The van der Waals surface area contributed by atoms with Crippen molar-refractivity contribution in [3.63, 3.8) is 0 Å². The molecule has 1 aliphatic rings. The number of carbonyl (C=O) groups is 1. The quantitative estimate of drug-likeness (QED) is 0.648. The lowest BCUT2D eigenvalue weighted by molar-refractivity contribution is 0.0994. The van der Waals surface area contributed by atoms with Gasteiger partial charge in [-0.3, -0.25) is 4.79 Å². The van der Waals surface area contributed by atoms with Crippen LogP contribution in [0.4, 0.5) is 0 Å². The van der Waals surface area contributed by atoms with Gasteiger partial charge in [-0.05, 0) is 74.8 Å². The molecule has 0 saturated heterocycles. The van der Waals surface area contributed by atoms with Gasteiger partial charge in [0, 0.05) is 40.3 Å². The van der Waals surface area contributed by atoms with Crippen molar-refractivity contribution in [2.75, 3.05) is 19.6 Å². The van der Waals surface area contributed by atoms with Gasteiger partial charge in [-0.1, -0.05) is 19.9 Å². The predicted molar refractivity (Wildman–Crippen MR) is 115 cm³/mol. The number of benzene rings is 2. The van der Waals surface area contributed by atoms with E-state index in [1.54, 1.807) is 6.92 Å². The van der Waals surface area contributed by atoms with Crippen molar-refractivity contribution < 1.29 is 9.90 Å². The number of ketones is 1. The molecule has 1 heterocycles. The van der Waals surface area contributed by atoms with Gasteiger partial charge in [0.05, 0.1) is 6.10 Å². The zero-order chi connectivity index (χ0) is 19.8. The molecule has 0 aliphatic heterocycles. The van der Waals surface area contributed by atoms with Crippen LogP contribution in [0.3, 0.4) is 0 Å². The molecule has 1 N–H and O–H groups in total. The third-order valence-corrected chi connectivity index (χ3v) is 6.30. The fraction of sp³-hybridized carbons (Fsp3) is 0.458. The van der Waals surface area contributed by atoms with Crippen LogP contribution in [0.1, 0.15) is 61.2 Å². The standard InChI is InChI=1S/C24H30N2O2/c1-4-25(5-2)13-6-14-26-21-10-7-17(16(3)27)15-20(21)24-19-9-12-23(28)18(19)8-11-22(24)26/h7-8,10-11,15-16,27H,4-6,9,12-14H2,1-3H3. The zero-order valence-corrected chi connectivity index (χ0v) is 17.2. The molecule has 4 rings (SSSR count). The fourth-order valence-electron chi connectivity index (χ4n) is 4.67. The number of rotatable bonds is 7. The second-order valence-electron chi connectivity index (χ2n) is 7.89. The maximum atomic E-state index is 12.3. The summed E-state index contributed by atoms with van der Waals surface area (Å²) in [6.07, 6.45) is 2.03. The van der Waals surface area contributed by atoms with Gasteiger partial charge >= 0.3 is 0 Å². The van der Waals surface area contributed by atoms with Gasteiger partial charge in [-0.2, -0.15) is 0 Å². The summed E-state index contributed by atoms with van der Waals surface area (Å²) in [6.45, 7) is 10.4. The maximum Gasteiger partial charge on any atom is 0.163 e. The highest BCUT2D eigenvalue weighted by atomic mass is 16.3. The van der Waals surface area contributed by atoms with E-state index in [2.05, 4.69) is 41.5 Å². The Balaban J connectivity index is 1.85. The summed E-state index contributed by atoms with van der Waals surface area (Å²) in [5, 5.41) is 12.5. The number of fused-ring (bicyclic) bond motifs is 5. The van der Waals surface area contributed by atoms with Gasteiger partial charge in [0.1, 0.15) is 0 Å². The topological polar surface area (TPSA) is 45.5 Å². The Hall–Kier alpha value is -2.17. The molecule has 0 spiro atoms. The van der Waals surface area contributed by atoms with Crippen LogP contribution >= 0.6 is 0 Å². The minimum Gasteiger partial charge on any atom is -0.389 e. The van der Waals surface area contributed by atoms with Crippen LogP contribution < -0.4 is 0 Å². The summed E-state index contributed by atoms with van der Waals surface area (Å²) in [5.74, 6) is 0.256. The van der Waals surface area contributed by atoms with Gasteiger partial charge < -0.3 is 14.6 Å². The number of aryl methyl sites for hydroxylation is 2. The van der Waals surface area contributed by atoms with Crippen molar-refractivity contribution in [3.05, 3.63) is 47.0 Å². The molecule has 4 nitrogen and oxygen atoms in total. The first-order valence-corrected chi connectivity index (χ1v) is 10.6. The first kappa shape index (κ1) is 19.2. The lowest BCUT2D eigenvalue weighted by atomic mass is 10.0. The van der Waals surface area contributed by atoms with Crippen LogP contribution in [0.2, 0.25) is 0 Å². The van der Waals surface area contributed by atoms with Crippen LogP contribution in [0.5, 0.6) is 0 Å². The monoisotopic (exact) mass is 378 g/mol. The van der Waals surface area contributed by atoms with Gasteiger partial charge in [-0.25, -0.2) is 0 Å². The molecule has 0 fully saturated rings. The number of Topliss-reactive ketones (excluding diaryl/α,β-unsaturated/α-hetero) is 1. The lowest BCUT2D eigenvalue weighted by Crippen LogP contribution is -2.24. The number of carbonyl (C=O) groups excluding carboxylic acids is 1. The van der Waals surface area contributed by atoms with Gasteiger partial charge in [0.2, 0.25) is 0 Å². The lowest BCUT2D eigenvalue weighted by Gasteiger charge is -2.18. The Bertz CT molecular complexity index is 1030. The average Bonchev–Trinajstić information content (AvgIpc) is 3.23. The van der Waals surface area contributed by atoms with Crippen LogP contribution in [0.25, 0.3) is 21.8 Å². The van der Waals surface area contributed by atoms with Crippen molar-refractivity contribution in [2.24, 2.45) is 0 Å². The van der Waals surface area contributed by atoms with E-state index in [0.29, 0.717) is 6.42 Å². The highest BCUT2D eigenvalue weighted by Crippen LogP contribution is 2.38. The Labute approximate surface area is 166 Å². The van der Waals surface area contributed by atoms with Crippen molar-refractivity contribution in [3.8, 4) is 0 Å². The summed E-state index contributed by atoms with van der Waals surface area (Å²) in [4.78, 5) is 14.7. The number of hydrogen-bond acceptors (Lipinski definition) is 3. The minimum absolute atomic E-state index is 0.256. The molecule has 3 aromatic rings. The van der Waals surface area contributed by atoms with E-state index >= 15 is 0 Å². The van der Waals surface area contributed by atoms with Crippen molar-refractivity contribution in [1.29, 1.82) is 0 Å². The van der Waals surface area contributed by atoms with Gasteiger partial charge in [0.15, 0.2) is 5.78 Å². The van der Waals surface area contributed by atoms with Gasteiger partial charge in [-0.15, -0.1) is 0 Å². The first-order chi connectivity index (χ1) is 13.5. The SMILES string of the molecule is CCN(CC)CCCn1c2ccc(C(C)O)cc2c2c3c(ccc21)C(=O)CC3. The number of hydrogen-bond donors (Lipinski definition) is 1. The highest BCUT2D eigenvalue weighted by Gasteiger charge is 2.25. The minimum atomic E-state index is -0.496. The molecule has 148 valence electrons. The van der Waals surface area contributed by atoms with Crippen LogP contribution in [0.15, 0.2) is 30.3 Å². The molecule has 2 aromatic carbocycles. The smallest absolute Gasteiger partial charge is 0.163 e. The van der Waals surface area contributed by atoms with E-state index in [0.717, 1.165) is 50.1 Å². The fourth-order valence-corrected chi connectivity index (χ4v) is 4.67. The molecular weight excluding hydrogens is 348 g/mol. The molecule has 1 aliphatic carbocycles. The van der Waals surface area contributed by atoms with Crippen LogP contribution in [-0.2, 0) is 13.0 Å². The van der Waals surface area contributed by atoms with E-state index in [9.17, 15) is 9.90 Å². The normalized spacial score (nSPS) is 15.1. The zero-order valence-electron chi connectivity index (χ0n) is 17.2. The molecule has 1 unspecified atom stereocenters. The second-order valence-corrected chi connectivity index (χ2v) is 7.89. The number of nitrogens with zero attached hydrogens (tertiary/aromatic N) is 2. The summed E-state index contributed by atoms with van der Waals surface area (Å²) >= 11 is 0. The summed E-state index contributed by atoms with van der Waals surface area (Å²) in [7, 11) is 0. The summed E-state index contributed by atoms with van der Waals surface area (Å²) in [5.41, 5.74) is 5.42. The largest absolute Gasteiger partial charge is 0.389 e. The number of aliphatic hydroxyl groups excluding tert-OH is 1. The Kier molecular flexibility index (Phi) is 5.26. The Morgan fingerprint density at radius 1 is 1.11 bits per heavy atom. The molecule has 1 aromatic heterocycles. The highest BCUT2D eigenvalue weighted by molar-refractivity contribution is 6.15. The van der Waals surface area contributed by atoms with Crippen molar-refractivity contribution >= 4 is 27.6 Å². The average molecular weight is 379 g/mol.